The van der Waals surface area contributed by atoms with E-state index in [9.17, 15) is 13.2 Å². The lowest BCUT2D eigenvalue weighted by Crippen LogP contribution is -2.51. The summed E-state index contributed by atoms with van der Waals surface area (Å²) in [6, 6.07) is 12.5. The van der Waals surface area contributed by atoms with E-state index in [-0.39, 0.29) is 30.9 Å². The summed E-state index contributed by atoms with van der Waals surface area (Å²) >= 11 is 5.99. The molecule has 0 fully saturated rings. The molecule has 1 amide bonds. The number of hydrogen-bond donors (Lipinski definition) is 1. The van der Waals surface area contributed by atoms with Gasteiger partial charge < -0.3 is 14.8 Å². The zero-order valence-corrected chi connectivity index (χ0v) is 19.6. The van der Waals surface area contributed by atoms with Crippen molar-refractivity contribution in [3.63, 3.8) is 0 Å². The molecule has 168 valence electrons. The molecule has 2 aromatic rings. The van der Waals surface area contributed by atoms with Gasteiger partial charge in [0.1, 0.15) is 18.1 Å². The van der Waals surface area contributed by atoms with Crippen molar-refractivity contribution in [2.45, 2.75) is 32.3 Å². The van der Waals surface area contributed by atoms with Gasteiger partial charge in [0.05, 0.1) is 25.0 Å². The topological polar surface area (TPSA) is 84.9 Å². The fourth-order valence-corrected chi connectivity index (χ4v) is 4.26. The van der Waals surface area contributed by atoms with E-state index in [1.165, 1.54) is 11.6 Å². The Morgan fingerprint density at radius 1 is 1.23 bits per heavy atom. The molecule has 1 aliphatic heterocycles. The van der Waals surface area contributed by atoms with E-state index in [1.807, 2.05) is 24.3 Å². The van der Waals surface area contributed by atoms with E-state index >= 15 is 0 Å². The molecule has 9 heteroatoms. The third-order valence-corrected chi connectivity index (χ3v) is 6.26. The van der Waals surface area contributed by atoms with Crippen LogP contribution in [0.15, 0.2) is 42.5 Å². The Morgan fingerprint density at radius 3 is 2.52 bits per heavy atom. The Hall–Kier alpha value is -2.45. The number of ether oxygens (including phenoxy) is 2. The van der Waals surface area contributed by atoms with E-state index in [4.69, 9.17) is 21.1 Å². The Labute approximate surface area is 188 Å². The number of amides is 1. The molecule has 1 atom stereocenters. The van der Waals surface area contributed by atoms with Crippen LogP contribution in [-0.2, 0) is 20.2 Å². The summed E-state index contributed by atoms with van der Waals surface area (Å²) in [6.07, 6.45) is 0.103. The third-order valence-electron chi connectivity index (χ3n) is 4.87. The van der Waals surface area contributed by atoms with Crippen LogP contribution < -0.4 is 19.1 Å². The Balaban J connectivity index is 1.56. The number of hydrogen-bond acceptors (Lipinski definition) is 5. The average molecular weight is 467 g/mol. The van der Waals surface area contributed by atoms with E-state index in [1.54, 1.807) is 12.1 Å². The number of anilines is 1. The van der Waals surface area contributed by atoms with Crippen molar-refractivity contribution in [3.8, 4) is 11.5 Å². The molecule has 0 radical (unpaired) electrons. The summed E-state index contributed by atoms with van der Waals surface area (Å²) in [4.78, 5) is 12.6. The van der Waals surface area contributed by atoms with Gasteiger partial charge in [-0.2, -0.15) is 0 Å². The normalized spacial score (nSPS) is 16.3. The molecule has 7 nitrogen and oxygen atoms in total. The van der Waals surface area contributed by atoms with Crippen molar-refractivity contribution in [1.82, 2.24) is 5.32 Å². The molecule has 0 aromatic heterocycles. The predicted molar refractivity (Wildman–Crippen MR) is 122 cm³/mol. The second-order valence-corrected chi connectivity index (χ2v) is 10.8. The molecule has 3 rings (SSSR count). The van der Waals surface area contributed by atoms with Crippen molar-refractivity contribution >= 4 is 33.2 Å². The summed E-state index contributed by atoms with van der Waals surface area (Å²) in [5, 5.41) is 3.12. The fraction of sp³-hybridized carbons (Fsp3) is 0.409. The van der Waals surface area contributed by atoms with E-state index < -0.39 is 22.0 Å². The highest BCUT2D eigenvalue weighted by Crippen LogP contribution is 2.37. The summed E-state index contributed by atoms with van der Waals surface area (Å²) < 4.78 is 36.9. The number of nitrogens with one attached hydrogen (secondary N) is 1. The first kappa shape index (κ1) is 23.2. The third kappa shape index (κ3) is 5.83. The van der Waals surface area contributed by atoms with Crippen molar-refractivity contribution < 1.29 is 22.7 Å². The van der Waals surface area contributed by atoms with Gasteiger partial charge in [0, 0.05) is 5.02 Å². The fourth-order valence-electron chi connectivity index (χ4n) is 3.18. The highest BCUT2D eigenvalue weighted by Gasteiger charge is 2.35. The maximum Gasteiger partial charge on any atom is 0.263 e. The number of carbonyl (C=O) groups is 1. The quantitative estimate of drug-likeness (QED) is 0.660. The summed E-state index contributed by atoms with van der Waals surface area (Å²) in [7, 11) is -3.61. The van der Waals surface area contributed by atoms with Crippen LogP contribution in [0, 0.1) is 0 Å². The highest BCUT2D eigenvalue weighted by molar-refractivity contribution is 7.92. The van der Waals surface area contributed by atoms with Crippen LogP contribution in [0.25, 0.3) is 0 Å². The zero-order chi connectivity index (χ0) is 22.8. The second kappa shape index (κ2) is 8.96. The zero-order valence-electron chi connectivity index (χ0n) is 18.0. The van der Waals surface area contributed by atoms with Gasteiger partial charge >= 0.3 is 0 Å². The maximum atomic E-state index is 12.6. The summed E-state index contributed by atoms with van der Waals surface area (Å²) in [6.45, 7) is 6.82. The minimum Gasteiger partial charge on any atom is -0.492 e. The number of fused-ring (bicyclic) bond motifs is 1. The first-order chi connectivity index (χ1) is 14.4. The molecule has 1 aliphatic rings. The molecule has 1 N–H and O–H groups in total. The van der Waals surface area contributed by atoms with Crippen LogP contribution in [0.3, 0.4) is 0 Å². The first-order valence-corrected chi connectivity index (χ1v) is 12.1. The highest BCUT2D eigenvalue weighted by atomic mass is 35.5. The van der Waals surface area contributed by atoms with Crippen LogP contribution >= 0.6 is 11.6 Å². The first-order valence-electron chi connectivity index (χ1n) is 9.90. The summed E-state index contributed by atoms with van der Waals surface area (Å²) in [5.41, 5.74) is 1.59. The molecule has 0 bridgehead atoms. The number of benzene rings is 2. The van der Waals surface area contributed by atoms with Crippen LogP contribution in [0.5, 0.6) is 11.5 Å². The SMILES string of the molecule is CC(C)(C)c1ccc(OCCNC(=O)C2CN(S(C)(=O)=O)c3cc(Cl)ccc3O2)cc1. The lowest BCUT2D eigenvalue weighted by molar-refractivity contribution is -0.127. The van der Waals surface area contributed by atoms with Crippen LogP contribution in [0.2, 0.25) is 5.02 Å². The average Bonchev–Trinajstić information content (AvgIpc) is 2.69. The van der Waals surface area contributed by atoms with Crippen LogP contribution in [0.4, 0.5) is 5.69 Å². The molecule has 1 heterocycles. The predicted octanol–water partition coefficient (Wildman–Crippen LogP) is 3.36. The van der Waals surface area contributed by atoms with Crippen molar-refractivity contribution in [1.29, 1.82) is 0 Å². The van der Waals surface area contributed by atoms with Gasteiger partial charge in [-0.05, 0) is 41.3 Å². The number of halogens is 1. The molecule has 0 spiro atoms. The van der Waals surface area contributed by atoms with Gasteiger partial charge in [0.15, 0.2) is 6.10 Å². The maximum absolute atomic E-state index is 12.6. The summed E-state index contributed by atoms with van der Waals surface area (Å²) in [5.74, 6) is 0.586. The molecule has 2 aromatic carbocycles. The molecular weight excluding hydrogens is 440 g/mol. The second-order valence-electron chi connectivity index (χ2n) is 8.43. The monoisotopic (exact) mass is 466 g/mol. The van der Waals surface area contributed by atoms with Gasteiger partial charge in [-0.1, -0.05) is 44.5 Å². The lowest BCUT2D eigenvalue weighted by atomic mass is 9.87. The molecule has 0 saturated heterocycles. The number of carbonyl (C=O) groups excluding carboxylic acids is 1. The Bertz CT molecular complexity index is 1050. The molecule has 31 heavy (non-hydrogen) atoms. The Morgan fingerprint density at radius 2 is 1.90 bits per heavy atom. The van der Waals surface area contributed by atoms with Gasteiger partial charge in [-0.15, -0.1) is 0 Å². The van der Waals surface area contributed by atoms with E-state index in [0.29, 0.717) is 16.5 Å². The molecule has 0 saturated carbocycles. The van der Waals surface area contributed by atoms with Crippen molar-refractivity contribution in [3.05, 3.63) is 53.1 Å². The van der Waals surface area contributed by atoms with Gasteiger partial charge in [0.25, 0.3) is 5.91 Å². The molecule has 0 aliphatic carbocycles. The van der Waals surface area contributed by atoms with Gasteiger partial charge in [-0.3, -0.25) is 9.10 Å². The minimum atomic E-state index is -3.61. The standard InChI is InChI=1S/C22H27ClN2O5S/c1-22(2,3)15-5-8-17(9-6-15)29-12-11-24-21(26)20-14-25(31(4,27)28)18-13-16(23)7-10-19(18)30-20/h5-10,13,20H,11-12,14H2,1-4H3,(H,24,26). The van der Waals surface area contributed by atoms with Crippen LogP contribution in [0.1, 0.15) is 26.3 Å². The van der Waals surface area contributed by atoms with Crippen molar-refractivity contribution in [2.24, 2.45) is 0 Å². The van der Waals surface area contributed by atoms with Gasteiger partial charge in [-0.25, -0.2) is 8.42 Å². The lowest BCUT2D eigenvalue weighted by Gasteiger charge is -2.34. The number of nitrogens with zero attached hydrogens (tertiary/aromatic N) is 1. The minimum absolute atomic E-state index is 0.0658. The number of rotatable bonds is 6. The largest absolute Gasteiger partial charge is 0.492 e. The van der Waals surface area contributed by atoms with E-state index in [2.05, 4.69) is 26.1 Å². The Kier molecular flexibility index (Phi) is 6.71. The van der Waals surface area contributed by atoms with E-state index in [0.717, 1.165) is 10.6 Å². The van der Waals surface area contributed by atoms with Gasteiger partial charge in [0.2, 0.25) is 10.0 Å². The molecule has 1 unspecified atom stereocenters. The number of sulfonamides is 1. The van der Waals surface area contributed by atoms with Crippen molar-refractivity contribution in [2.75, 3.05) is 30.3 Å². The van der Waals surface area contributed by atoms with Crippen LogP contribution in [-0.4, -0.2) is 46.4 Å². The molecular formula is C22H27ClN2O5S. The smallest absolute Gasteiger partial charge is 0.263 e.